The number of H-pyrrole nitrogens is 1. The second-order valence-electron chi connectivity index (χ2n) is 6.62. The second-order valence-corrected chi connectivity index (χ2v) is 6.62. The van der Waals surface area contributed by atoms with Gasteiger partial charge in [0.25, 0.3) is 0 Å². The van der Waals surface area contributed by atoms with Gasteiger partial charge in [0.05, 0.1) is 11.1 Å². The number of nitrogens with two attached hydrogens (primary N) is 1. The van der Waals surface area contributed by atoms with Gasteiger partial charge in [0.2, 0.25) is 0 Å². The molecule has 5 rings (SSSR count). The molecule has 1 aliphatic rings. The first-order chi connectivity index (χ1) is 12.2. The van der Waals surface area contributed by atoms with Crippen molar-refractivity contribution in [3.63, 3.8) is 0 Å². The van der Waals surface area contributed by atoms with Gasteiger partial charge < -0.3 is 5.73 Å². The van der Waals surface area contributed by atoms with E-state index < -0.39 is 0 Å². The zero-order valence-corrected chi connectivity index (χ0v) is 14.0. The lowest BCUT2D eigenvalue weighted by Gasteiger charge is -2.23. The maximum atomic E-state index is 6.22. The van der Waals surface area contributed by atoms with E-state index in [9.17, 15) is 0 Å². The van der Waals surface area contributed by atoms with Gasteiger partial charge in [-0.1, -0.05) is 48.5 Å². The van der Waals surface area contributed by atoms with Crippen molar-refractivity contribution in [1.82, 2.24) is 15.2 Å². The summed E-state index contributed by atoms with van der Waals surface area (Å²) in [6.07, 6.45) is 1.98. The first kappa shape index (κ1) is 14.2. The number of hydrogen-bond donors (Lipinski definition) is 2. The Labute approximate surface area is 145 Å². The van der Waals surface area contributed by atoms with E-state index in [1.165, 1.54) is 33.4 Å². The monoisotopic (exact) mass is 326 g/mol. The molecule has 0 saturated heterocycles. The van der Waals surface area contributed by atoms with E-state index in [1.807, 2.05) is 0 Å². The van der Waals surface area contributed by atoms with Gasteiger partial charge in [0.1, 0.15) is 5.82 Å². The van der Waals surface area contributed by atoms with E-state index in [0.29, 0.717) is 11.5 Å². The normalized spacial score (nSPS) is 12.8. The average molecular weight is 326 g/mol. The summed E-state index contributed by atoms with van der Waals surface area (Å²) in [7, 11) is 0. The van der Waals surface area contributed by atoms with E-state index >= 15 is 0 Å². The van der Waals surface area contributed by atoms with Crippen LogP contribution in [-0.2, 0) is 12.8 Å². The molecule has 122 valence electrons. The molecule has 3 N–H and O–H groups in total. The van der Waals surface area contributed by atoms with E-state index in [2.05, 4.69) is 65.7 Å². The van der Waals surface area contributed by atoms with Crippen molar-refractivity contribution in [2.24, 2.45) is 0 Å². The highest BCUT2D eigenvalue weighted by Crippen LogP contribution is 2.43. The highest BCUT2D eigenvalue weighted by Gasteiger charge is 2.26. The summed E-state index contributed by atoms with van der Waals surface area (Å²) in [6.45, 7) is 2.13. The van der Waals surface area contributed by atoms with Gasteiger partial charge >= 0.3 is 0 Å². The van der Waals surface area contributed by atoms with Crippen LogP contribution in [0.25, 0.3) is 33.4 Å². The van der Waals surface area contributed by atoms with E-state index in [4.69, 9.17) is 10.7 Å². The highest BCUT2D eigenvalue weighted by atomic mass is 15.2. The third-order valence-electron chi connectivity index (χ3n) is 5.16. The van der Waals surface area contributed by atoms with Gasteiger partial charge in [-0.2, -0.15) is 5.10 Å². The topological polar surface area (TPSA) is 67.6 Å². The van der Waals surface area contributed by atoms with Crippen LogP contribution in [0.15, 0.2) is 48.5 Å². The minimum Gasteiger partial charge on any atom is -0.383 e. The number of benzene rings is 2. The van der Waals surface area contributed by atoms with Gasteiger partial charge in [-0.15, -0.1) is 0 Å². The molecule has 2 aromatic carbocycles. The molecule has 1 aliphatic carbocycles. The van der Waals surface area contributed by atoms with Crippen molar-refractivity contribution in [2.75, 3.05) is 5.73 Å². The van der Waals surface area contributed by atoms with E-state index in [-0.39, 0.29) is 0 Å². The molecule has 4 heteroatoms. The van der Waals surface area contributed by atoms with Gasteiger partial charge in [-0.3, -0.25) is 5.10 Å². The molecule has 0 saturated carbocycles. The fraction of sp³-hybridized carbons (Fsp3) is 0.143. The maximum Gasteiger partial charge on any atom is 0.184 e. The van der Waals surface area contributed by atoms with Crippen LogP contribution in [0, 0.1) is 6.92 Å². The lowest BCUT2D eigenvalue weighted by Crippen LogP contribution is -2.08. The number of anilines is 1. The van der Waals surface area contributed by atoms with Gasteiger partial charge in [-0.05, 0) is 42.0 Å². The molecular weight excluding hydrogens is 308 g/mol. The van der Waals surface area contributed by atoms with Crippen molar-refractivity contribution in [3.8, 4) is 22.4 Å². The third kappa shape index (κ3) is 2.00. The smallest absolute Gasteiger partial charge is 0.184 e. The second kappa shape index (κ2) is 5.18. The predicted molar refractivity (Wildman–Crippen MR) is 101 cm³/mol. The predicted octanol–water partition coefficient (Wildman–Crippen LogP) is 4.28. The number of rotatable bonds is 1. The number of aromatic nitrogens is 3. The number of nitrogen functional groups attached to an aromatic ring is 1. The van der Waals surface area contributed by atoms with Crippen LogP contribution >= 0.6 is 0 Å². The quantitative estimate of drug-likeness (QED) is 0.548. The Kier molecular flexibility index (Phi) is 2.95. The minimum absolute atomic E-state index is 0.590. The molecule has 4 aromatic rings. The summed E-state index contributed by atoms with van der Waals surface area (Å²) >= 11 is 0. The van der Waals surface area contributed by atoms with Crippen LogP contribution < -0.4 is 5.73 Å². The van der Waals surface area contributed by atoms with Crippen LogP contribution in [-0.4, -0.2) is 15.2 Å². The summed E-state index contributed by atoms with van der Waals surface area (Å²) in [4.78, 5) is 4.89. The first-order valence-electron chi connectivity index (χ1n) is 8.54. The number of nitrogens with one attached hydrogen (secondary N) is 1. The van der Waals surface area contributed by atoms with Crippen LogP contribution in [0.2, 0.25) is 0 Å². The largest absolute Gasteiger partial charge is 0.383 e. The molecule has 2 heterocycles. The molecule has 0 bridgehead atoms. The Bertz CT molecular complexity index is 1120. The lowest BCUT2D eigenvalue weighted by atomic mass is 9.82. The Morgan fingerprint density at radius 3 is 2.56 bits per heavy atom. The molecule has 0 unspecified atom stereocenters. The van der Waals surface area contributed by atoms with Gasteiger partial charge in [-0.25, -0.2) is 4.98 Å². The maximum absolute atomic E-state index is 6.22. The average Bonchev–Trinajstić information content (AvgIpc) is 3.02. The van der Waals surface area contributed by atoms with Crippen molar-refractivity contribution >= 4 is 16.9 Å². The lowest BCUT2D eigenvalue weighted by molar-refractivity contribution is 0.939. The Hall–Kier alpha value is -3.14. The summed E-state index contributed by atoms with van der Waals surface area (Å²) < 4.78 is 0. The Balaban J connectivity index is 1.94. The van der Waals surface area contributed by atoms with Gasteiger partial charge in [0, 0.05) is 11.1 Å². The number of aryl methyl sites for hydroxylation is 2. The molecule has 0 aliphatic heterocycles. The number of pyridine rings is 1. The number of aromatic amines is 1. The standard InChI is InChI=1S/C21H18N4/c1-12-6-2-4-8-14(12)19-16-11-10-13-7-3-5-9-15(13)17(16)18-20(22)24-25-21(18)23-19/h2-9H,10-11H2,1H3,(H3,22,23,24,25). The third-order valence-corrected chi connectivity index (χ3v) is 5.16. The van der Waals surface area contributed by atoms with Crippen molar-refractivity contribution in [3.05, 3.63) is 65.2 Å². The molecule has 0 spiro atoms. The first-order valence-corrected chi connectivity index (χ1v) is 8.54. The van der Waals surface area contributed by atoms with Crippen molar-refractivity contribution in [2.45, 2.75) is 19.8 Å². The zero-order chi connectivity index (χ0) is 17.0. The molecule has 0 radical (unpaired) electrons. The van der Waals surface area contributed by atoms with Crippen molar-refractivity contribution < 1.29 is 0 Å². The summed E-state index contributed by atoms with van der Waals surface area (Å²) in [5.41, 5.74) is 15.4. The van der Waals surface area contributed by atoms with E-state index in [0.717, 1.165) is 23.9 Å². The van der Waals surface area contributed by atoms with Gasteiger partial charge in [0.15, 0.2) is 5.65 Å². The number of nitrogens with zero attached hydrogens (tertiary/aromatic N) is 2. The van der Waals surface area contributed by atoms with Crippen LogP contribution in [0.1, 0.15) is 16.7 Å². The number of hydrogen-bond acceptors (Lipinski definition) is 3. The van der Waals surface area contributed by atoms with Crippen LogP contribution in [0.5, 0.6) is 0 Å². The van der Waals surface area contributed by atoms with Crippen molar-refractivity contribution in [1.29, 1.82) is 0 Å². The van der Waals surface area contributed by atoms with E-state index in [1.54, 1.807) is 0 Å². The Morgan fingerprint density at radius 1 is 0.960 bits per heavy atom. The molecule has 25 heavy (non-hydrogen) atoms. The SMILES string of the molecule is Cc1ccccc1-c1nc2n[nH]c(N)c2c2c1CCc1ccccc1-2. The molecule has 0 fully saturated rings. The molecule has 2 aromatic heterocycles. The Morgan fingerprint density at radius 2 is 1.72 bits per heavy atom. The minimum atomic E-state index is 0.590. The van der Waals surface area contributed by atoms with Crippen LogP contribution in [0.4, 0.5) is 5.82 Å². The highest BCUT2D eigenvalue weighted by molar-refractivity contribution is 6.04. The summed E-state index contributed by atoms with van der Waals surface area (Å²) in [5.74, 6) is 0.590. The fourth-order valence-corrected chi connectivity index (χ4v) is 3.96. The zero-order valence-electron chi connectivity index (χ0n) is 14.0. The molecule has 0 atom stereocenters. The summed E-state index contributed by atoms with van der Waals surface area (Å²) in [6, 6.07) is 17.0. The fourth-order valence-electron chi connectivity index (χ4n) is 3.96. The number of fused-ring (bicyclic) bond motifs is 5. The molecule has 0 amide bonds. The van der Waals surface area contributed by atoms with Crippen LogP contribution in [0.3, 0.4) is 0 Å². The summed E-state index contributed by atoms with van der Waals surface area (Å²) in [5, 5.41) is 8.21. The molecule has 4 nitrogen and oxygen atoms in total. The molecular formula is C21H18N4.